The standard InChI is InChI=1S/C21H22F5N3O3S/c1-33(31)9-5-13(6-10-33)20(30)29-8-7-28(18-11-17(32-27-18)21(24,25)26)12-16(29)14-3-2-4-15(22)19(14)23/h2-4,11,13,16H,1,5-10,12H2. The zero-order chi connectivity index (χ0) is 24.0. The third kappa shape index (κ3) is 4.85. The lowest BCUT2D eigenvalue weighted by Gasteiger charge is -2.43. The van der Waals surface area contributed by atoms with Gasteiger partial charge in [-0.2, -0.15) is 13.2 Å². The minimum Gasteiger partial charge on any atom is -0.350 e. The Bertz CT molecular complexity index is 1130. The van der Waals surface area contributed by atoms with Crippen molar-refractivity contribution in [1.82, 2.24) is 10.1 Å². The highest BCUT2D eigenvalue weighted by molar-refractivity contribution is 8.00. The summed E-state index contributed by atoms with van der Waals surface area (Å²) in [6.07, 6.45) is -3.97. The summed E-state index contributed by atoms with van der Waals surface area (Å²) in [5, 5.41) is 3.47. The van der Waals surface area contributed by atoms with E-state index in [-0.39, 0.29) is 36.9 Å². The molecule has 2 fully saturated rings. The maximum atomic E-state index is 14.7. The van der Waals surface area contributed by atoms with Gasteiger partial charge in [0, 0.05) is 48.7 Å². The quantitative estimate of drug-likeness (QED) is 0.486. The average molecular weight is 491 g/mol. The topological polar surface area (TPSA) is 66.7 Å². The minimum absolute atomic E-state index is 0.0594. The van der Waals surface area contributed by atoms with Crippen LogP contribution in [0, 0.1) is 17.6 Å². The molecule has 2 saturated heterocycles. The van der Waals surface area contributed by atoms with Crippen LogP contribution in [0.5, 0.6) is 0 Å². The highest BCUT2D eigenvalue weighted by Crippen LogP contribution is 2.36. The molecule has 4 rings (SSSR count). The van der Waals surface area contributed by atoms with Crippen LogP contribution >= 0.6 is 0 Å². The van der Waals surface area contributed by atoms with Crippen LogP contribution in [-0.2, 0) is 20.5 Å². The largest absolute Gasteiger partial charge is 0.452 e. The second kappa shape index (κ2) is 8.62. The number of benzene rings is 1. The smallest absolute Gasteiger partial charge is 0.350 e. The van der Waals surface area contributed by atoms with Crippen molar-refractivity contribution in [3.05, 3.63) is 47.2 Å². The van der Waals surface area contributed by atoms with E-state index in [1.54, 1.807) is 0 Å². The summed E-state index contributed by atoms with van der Waals surface area (Å²) in [4.78, 5) is 16.2. The number of alkyl halides is 3. The van der Waals surface area contributed by atoms with Crippen molar-refractivity contribution in [2.24, 2.45) is 5.92 Å². The van der Waals surface area contributed by atoms with Crippen LogP contribution in [-0.4, -0.2) is 57.2 Å². The van der Waals surface area contributed by atoms with E-state index >= 15 is 0 Å². The first-order valence-electron chi connectivity index (χ1n) is 10.3. The van der Waals surface area contributed by atoms with Crippen molar-refractivity contribution in [3.63, 3.8) is 0 Å². The number of halogens is 5. The molecule has 0 spiro atoms. The highest BCUT2D eigenvalue weighted by Gasteiger charge is 2.40. The van der Waals surface area contributed by atoms with Crippen molar-refractivity contribution in [2.45, 2.75) is 25.1 Å². The number of anilines is 1. The fourth-order valence-corrected chi connectivity index (χ4v) is 5.92. The van der Waals surface area contributed by atoms with E-state index in [1.807, 2.05) is 0 Å². The Morgan fingerprint density at radius 3 is 2.52 bits per heavy atom. The number of hydrogen-bond donors (Lipinski definition) is 0. The van der Waals surface area contributed by atoms with E-state index < -0.39 is 45.1 Å². The molecule has 1 amide bonds. The van der Waals surface area contributed by atoms with Crippen LogP contribution in [0.3, 0.4) is 0 Å². The monoisotopic (exact) mass is 491 g/mol. The lowest BCUT2D eigenvalue weighted by molar-refractivity contribution is -0.155. The Morgan fingerprint density at radius 1 is 1.18 bits per heavy atom. The lowest BCUT2D eigenvalue weighted by atomic mass is 9.96. The fraction of sp³-hybridized carbons (Fsp3) is 0.476. The van der Waals surface area contributed by atoms with Crippen molar-refractivity contribution < 1.29 is 35.5 Å². The van der Waals surface area contributed by atoms with Crippen molar-refractivity contribution >= 4 is 27.1 Å². The number of amides is 1. The Hall–Kier alpha value is -2.63. The minimum atomic E-state index is -4.72. The van der Waals surface area contributed by atoms with Crippen LogP contribution in [0.15, 0.2) is 28.8 Å². The third-order valence-electron chi connectivity index (χ3n) is 6.13. The molecule has 2 aliphatic rings. The molecule has 0 radical (unpaired) electrons. The second-order valence-electron chi connectivity index (χ2n) is 8.33. The van der Waals surface area contributed by atoms with Gasteiger partial charge in [-0.3, -0.25) is 9.00 Å². The van der Waals surface area contributed by atoms with Gasteiger partial charge in [0.25, 0.3) is 0 Å². The van der Waals surface area contributed by atoms with Gasteiger partial charge in [0.2, 0.25) is 11.7 Å². The Kier molecular flexibility index (Phi) is 6.14. The number of carbonyl (C=O) groups excluding carboxylic acids is 1. The van der Waals surface area contributed by atoms with Gasteiger partial charge in [-0.25, -0.2) is 8.78 Å². The summed E-state index contributed by atoms with van der Waals surface area (Å²) in [6, 6.07) is 3.39. The third-order valence-corrected chi connectivity index (χ3v) is 8.09. The number of carbonyl (C=O) groups is 1. The van der Waals surface area contributed by atoms with Gasteiger partial charge in [-0.1, -0.05) is 17.3 Å². The van der Waals surface area contributed by atoms with E-state index in [2.05, 4.69) is 15.6 Å². The van der Waals surface area contributed by atoms with Gasteiger partial charge in [0.1, 0.15) is 0 Å². The molecule has 180 valence electrons. The normalized spacial score (nSPS) is 26.5. The van der Waals surface area contributed by atoms with E-state index in [4.69, 9.17) is 0 Å². The first-order valence-corrected chi connectivity index (χ1v) is 12.4. The zero-order valence-electron chi connectivity index (χ0n) is 17.5. The number of piperazine rings is 1. The van der Waals surface area contributed by atoms with Crippen LogP contribution in [0.2, 0.25) is 0 Å². The van der Waals surface area contributed by atoms with E-state index in [9.17, 15) is 31.0 Å². The summed E-state index contributed by atoms with van der Waals surface area (Å²) in [5.41, 5.74) is -0.0793. The van der Waals surface area contributed by atoms with Crippen molar-refractivity contribution in [1.29, 1.82) is 0 Å². The van der Waals surface area contributed by atoms with Gasteiger partial charge in [0.15, 0.2) is 17.5 Å². The van der Waals surface area contributed by atoms with Gasteiger partial charge in [0.05, 0.1) is 6.04 Å². The SMILES string of the molecule is C=S1(=O)CCC(C(=O)N2CCN(c3cc(C(F)(F)F)on3)CC2c2cccc(F)c2F)CC1. The first kappa shape index (κ1) is 23.5. The Labute approximate surface area is 187 Å². The molecule has 0 bridgehead atoms. The number of rotatable bonds is 3. The average Bonchev–Trinajstić information content (AvgIpc) is 3.26. The summed E-state index contributed by atoms with van der Waals surface area (Å²) in [7, 11) is -2.21. The summed E-state index contributed by atoms with van der Waals surface area (Å²) in [5.74, 6) is -0.00528. The molecule has 0 saturated carbocycles. The van der Waals surface area contributed by atoms with Crippen LogP contribution in [0.1, 0.15) is 30.2 Å². The van der Waals surface area contributed by atoms with E-state index in [0.717, 1.165) is 12.1 Å². The maximum absolute atomic E-state index is 14.7. The molecule has 12 heteroatoms. The van der Waals surface area contributed by atoms with Gasteiger partial charge < -0.3 is 14.3 Å². The molecular formula is C21H22F5N3O3S. The van der Waals surface area contributed by atoms with E-state index in [0.29, 0.717) is 24.3 Å². The van der Waals surface area contributed by atoms with Gasteiger partial charge >= 0.3 is 6.18 Å². The number of hydrogen-bond acceptors (Lipinski definition) is 5. The molecule has 2 aliphatic heterocycles. The molecule has 0 aliphatic carbocycles. The van der Waals surface area contributed by atoms with Crippen molar-refractivity contribution in [2.75, 3.05) is 36.0 Å². The van der Waals surface area contributed by atoms with Crippen LogP contribution in [0.25, 0.3) is 0 Å². The number of aromatic nitrogens is 1. The Balaban J connectivity index is 1.63. The summed E-state index contributed by atoms with van der Waals surface area (Å²) < 4.78 is 84.0. The zero-order valence-corrected chi connectivity index (χ0v) is 18.3. The highest BCUT2D eigenvalue weighted by atomic mass is 32.2. The molecule has 6 nitrogen and oxygen atoms in total. The molecule has 33 heavy (non-hydrogen) atoms. The predicted octanol–water partition coefficient (Wildman–Crippen LogP) is 3.49. The molecular weight excluding hydrogens is 469 g/mol. The first-order chi connectivity index (χ1) is 15.5. The molecule has 0 N–H and O–H groups in total. The Morgan fingerprint density at radius 2 is 1.88 bits per heavy atom. The van der Waals surface area contributed by atoms with Crippen LogP contribution < -0.4 is 4.90 Å². The number of nitrogens with zero attached hydrogens (tertiary/aromatic N) is 3. The van der Waals surface area contributed by atoms with Gasteiger partial charge in [-0.15, -0.1) is 0 Å². The lowest BCUT2D eigenvalue weighted by Crippen LogP contribution is -2.53. The molecule has 3 heterocycles. The van der Waals surface area contributed by atoms with Crippen LogP contribution in [0.4, 0.5) is 27.8 Å². The summed E-state index contributed by atoms with van der Waals surface area (Å²) >= 11 is 0. The van der Waals surface area contributed by atoms with Gasteiger partial charge in [-0.05, 0) is 34.3 Å². The molecule has 2 aromatic rings. The predicted molar refractivity (Wildman–Crippen MR) is 112 cm³/mol. The molecule has 1 aromatic heterocycles. The van der Waals surface area contributed by atoms with Crippen molar-refractivity contribution in [3.8, 4) is 0 Å². The maximum Gasteiger partial charge on any atom is 0.452 e. The van der Waals surface area contributed by atoms with E-state index in [1.165, 1.54) is 21.9 Å². The molecule has 1 aromatic carbocycles. The molecule has 1 atom stereocenters. The fourth-order valence-electron chi connectivity index (χ4n) is 4.29. The second-order valence-corrected chi connectivity index (χ2v) is 11.1. The summed E-state index contributed by atoms with van der Waals surface area (Å²) in [6.45, 7) is 0.0838. The molecule has 1 unspecified atom stereocenters.